The third kappa shape index (κ3) is 8.38. The van der Waals surface area contributed by atoms with Gasteiger partial charge in [0.05, 0.1) is 0 Å². The number of hydrogen-bond donors (Lipinski definition) is 1. The number of unbranched alkanes of at least 4 members (excludes halogenated alkanes) is 9. The molecule has 0 radical (unpaired) electrons. The fourth-order valence-electron chi connectivity index (χ4n) is 4.98. The molecule has 0 aliphatic heterocycles. The first kappa shape index (κ1) is 30.1. The summed E-state index contributed by atoms with van der Waals surface area (Å²) in [6.45, 7) is 8.79. The first-order valence-corrected chi connectivity index (χ1v) is 25.5. The van der Waals surface area contributed by atoms with E-state index < -0.39 is 26.9 Å². The fraction of sp³-hybridized carbons (Fsp3) is 0.556. The predicted octanol–water partition coefficient (Wildman–Crippen LogP) is 1.79. The van der Waals surface area contributed by atoms with Crippen molar-refractivity contribution in [2.45, 2.75) is 87.9 Å². The Bertz CT molecular complexity index is 725. The average Bonchev–Trinajstić information content (AvgIpc) is 3.09. The molecule has 0 spiro atoms. The van der Waals surface area contributed by atoms with E-state index in [1.54, 1.807) is 11.1 Å². The fourth-order valence-corrected chi connectivity index (χ4v) is 28.4. The van der Waals surface area contributed by atoms with Gasteiger partial charge in [-0.15, -0.1) is 0 Å². The molecule has 2 aromatic rings. The van der Waals surface area contributed by atoms with Gasteiger partial charge in [0.15, 0.2) is 0 Å². The van der Waals surface area contributed by atoms with Crippen LogP contribution >= 0.6 is 0 Å². The van der Waals surface area contributed by atoms with Gasteiger partial charge in [-0.2, -0.15) is 0 Å². The molecule has 0 atom stereocenters. The van der Waals surface area contributed by atoms with Gasteiger partial charge in [-0.1, -0.05) is 6.92 Å². The van der Waals surface area contributed by atoms with Gasteiger partial charge < -0.3 is 24.8 Å². The summed E-state index contributed by atoms with van der Waals surface area (Å²) in [6, 6.07) is 18.5. The van der Waals surface area contributed by atoms with Crippen LogP contribution in [0, 0.1) is 0 Å². The molecule has 1 aliphatic rings. The summed E-state index contributed by atoms with van der Waals surface area (Å²) < 4.78 is 4.99. The van der Waals surface area contributed by atoms with Crippen molar-refractivity contribution in [2.24, 2.45) is 0 Å². The zero-order valence-corrected chi connectivity index (χ0v) is 26.6. The normalized spacial score (nSPS) is 12.1. The van der Waals surface area contributed by atoms with Gasteiger partial charge in [-0.25, -0.2) is 0 Å². The first-order valence-electron chi connectivity index (χ1n) is 12.5. The second-order valence-electron chi connectivity index (χ2n) is 9.33. The van der Waals surface area contributed by atoms with Crippen LogP contribution in [0.25, 0.3) is 11.1 Å². The summed E-state index contributed by atoms with van der Waals surface area (Å²) in [5, 5.41) is 0. The van der Waals surface area contributed by atoms with Gasteiger partial charge in [0.2, 0.25) is 0 Å². The van der Waals surface area contributed by atoms with E-state index in [1.807, 2.05) is 0 Å². The number of hydrogen-bond acceptors (Lipinski definition) is 1. The molecule has 0 aromatic heterocycles. The van der Waals surface area contributed by atoms with Gasteiger partial charge in [0, 0.05) is 0 Å². The Hall–Kier alpha value is 0.0670. The maximum atomic E-state index is 4.24. The smallest absolute Gasteiger partial charge is 1.00 e. The van der Waals surface area contributed by atoms with Crippen LogP contribution in [0.15, 0.2) is 48.5 Å². The van der Waals surface area contributed by atoms with Crippen LogP contribution in [0.3, 0.4) is 0 Å². The summed E-state index contributed by atoms with van der Waals surface area (Å²) in [5.41, 5.74) is 6.29. The molecule has 3 rings (SSSR count). The van der Waals surface area contributed by atoms with E-state index in [-0.39, 0.29) is 24.8 Å². The number of halogens is 2. The molecule has 5 heteroatoms. The van der Waals surface area contributed by atoms with Gasteiger partial charge >= 0.3 is 188 Å². The van der Waals surface area contributed by atoms with Crippen LogP contribution in [0.2, 0.25) is 13.1 Å². The van der Waals surface area contributed by atoms with Crippen LogP contribution in [0.5, 0.6) is 0 Å². The molecule has 2 aromatic carbocycles. The summed E-state index contributed by atoms with van der Waals surface area (Å²) in [5.74, 6) is -0.639. The SMILES string of the molecule is CCCCCCCCCCCC[NH][Hf+2]([CH]1c2ccccc2-c2ccccc21)[SiH](C)C.[Cl-].[Cl-]. The Morgan fingerprint density at radius 1 is 0.688 bits per heavy atom. The maximum absolute atomic E-state index is 4.24. The molecule has 1 nitrogen and oxygen atoms in total. The molecule has 0 saturated carbocycles. The minimum absolute atomic E-state index is 0. The van der Waals surface area contributed by atoms with Crippen LogP contribution in [-0.2, 0) is 20.9 Å². The van der Waals surface area contributed by atoms with Crippen LogP contribution in [-0.4, -0.2) is 12.5 Å². The van der Waals surface area contributed by atoms with Crippen molar-refractivity contribution in [3.63, 3.8) is 0 Å². The largest absolute Gasteiger partial charge is 1.00 e. The van der Waals surface area contributed by atoms with E-state index >= 15 is 0 Å². The molecule has 1 aliphatic carbocycles. The van der Waals surface area contributed by atoms with Crippen molar-refractivity contribution in [3.05, 3.63) is 59.7 Å². The minimum atomic E-state index is -1.91. The second kappa shape index (κ2) is 16.7. The van der Waals surface area contributed by atoms with Crippen LogP contribution in [0.4, 0.5) is 0 Å². The van der Waals surface area contributed by atoms with Crippen molar-refractivity contribution in [1.82, 2.24) is 3.30 Å². The summed E-state index contributed by atoms with van der Waals surface area (Å²) >= 11 is -1.91. The zero-order chi connectivity index (χ0) is 21.2. The average molecular weight is 658 g/mol. The number of rotatable bonds is 14. The third-order valence-corrected chi connectivity index (χ3v) is 32.5. The van der Waals surface area contributed by atoms with E-state index in [4.69, 9.17) is 0 Å². The third-order valence-electron chi connectivity index (χ3n) is 6.63. The monoisotopic (exact) mass is 658 g/mol. The summed E-state index contributed by atoms with van der Waals surface area (Å²) in [4.78, 5) is 0. The predicted molar refractivity (Wildman–Crippen MR) is 132 cm³/mol. The first-order chi connectivity index (χ1) is 14.7. The quantitative estimate of drug-likeness (QED) is 0.242. The molecule has 0 heterocycles. The van der Waals surface area contributed by atoms with Crippen molar-refractivity contribution < 1.29 is 45.7 Å². The number of nitrogens with one attached hydrogen (secondary N) is 1. The van der Waals surface area contributed by atoms with Crippen LogP contribution in [0.1, 0.15) is 85.9 Å². The Balaban J connectivity index is 0.00000256. The molecule has 0 unspecified atom stereocenters. The maximum Gasteiger partial charge on any atom is -1.00 e. The van der Waals surface area contributed by atoms with E-state index in [2.05, 4.69) is 71.9 Å². The second-order valence-corrected chi connectivity index (χ2v) is 35.8. The molecule has 0 saturated heterocycles. The zero-order valence-electron chi connectivity index (χ0n) is 20.3. The Morgan fingerprint density at radius 3 is 1.59 bits per heavy atom. The topological polar surface area (TPSA) is 12.0 Å². The van der Waals surface area contributed by atoms with Crippen molar-refractivity contribution in [1.29, 1.82) is 0 Å². The van der Waals surface area contributed by atoms with Gasteiger partial charge in [-0.3, -0.25) is 0 Å². The van der Waals surface area contributed by atoms with E-state index in [0.717, 1.165) is 3.67 Å². The molecular weight excluding hydrogens is 616 g/mol. The van der Waals surface area contributed by atoms with Gasteiger partial charge in [0.25, 0.3) is 0 Å². The van der Waals surface area contributed by atoms with E-state index in [9.17, 15) is 0 Å². The molecular formula is C27H42Cl2HfNSi. The van der Waals surface area contributed by atoms with E-state index in [0.29, 0.717) is 0 Å². The minimum Gasteiger partial charge on any atom is -1.00 e. The molecule has 0 fully saturated rings. The van der Waals surface area contributed by atoms with Crippen LogP contribution < -0.4 is 28.1 Å². The summed E-state index contributed by atoms with van der Waals surface area (Å²) in [6.07, 6.45) is 14.3. The summed E-state index contributed by atoms with van der Waals surface area (Å²) in [7, 11) is 0. The molecule has 0 amide bonds. The van der Waals surface area contributed by atoms with E-state index in [1.165, 1.54) is 81.9 Å². The number of benzene rings is 2. The van der Waals surface area contributed by atoms with Crippen molar-refractivity contribution in [3.8, 4) is 11.1 Å². The Labute approximate surface area is 218 Å². The standard InChI is InChI=1S/C13H9.C12H26N.C2H7Si.2ClH.Hf/c1-3-7-12-10(5-1)9-11-6-2-4-8-13(11)12;1-2-3-4-5-6-7-8-9-10-11-12-13;1-3-2;;;/h1-9H;13H,2-12H2,1H3;3H,1-2H3;2*1H;/q;-1;;;;+3/p-2. The Morgan fingerprint density at radius 2 is 1.12 bits per heavy atom. The van der Waals surface area contributed by atoms with Crippen molar-refractivity contribution in [2.75, 3.05) is 6.54 Å². The molecule has 0 bridgehead atoms. The Kier molecular flexibility index (Phi) is 15.7. The van der Waals surface area contributed by atoms with Gasteiger partial charge in [-0.05, 0) is 0 Å². The molecule has 32 heavy (non-hydrogen) atoms. The van der Waals surface area contributed by atoms with Crippen molar-refractivity contribution >= 4 is 5.98 Å². The molecule has 1 N–H and O–H groups in total. The number of fused-ring (bicyclic) bond motifs is 3. The molecule has 177 valence electrons. The van der Waals surface area contributed by atoms with Gasteiger partial charge in [0.1, 0.15) is 0 Å².